The molecule has 0 heterocycles. The topological polar surface area (TPSA) is 75.6 Å². The van der Waals surface area contributed by atoms with E-state index in [4.69, 9.17) is 4.74 Å². The molecular weight excluding hydrogens is 390 g/mol. The van der Waals surface area contributed by atoms with Gasteiger partial charge >= 0.3 is 12.1 Å². The van der Waals surface area contributed by atoms with Crippen LogP contribution in [0.2, 0.25) is 0 Å². The first kappa shape index (κ1) is 18.9. The first-order chi connectivity index (χ1) is 15.1. The maximum atomic E-state index is 12.6. The molecule has 0 saturated carbocycles. The van der Waals surface area contributed by atoms with Gasteiger partial charge < -0.3 is 9.84 Å². The SMILES string of the molecule is O=C(Nc1ccc2ccccc2c1C(=O)O)OCC1c2ccccc2-c2ccccc21. The summed E-state index contributed by atoms with van der Waals surface area (Å²) in [7, 11) is 0. The van der Waals surface area contributed by atoms with Crippen molar-refractivity contribution in [2.75, 3.05) is 11.9 Å². The molecule has 0 fully saturated rings. The zero-order valence-electron chi connectivity index (χ0n) is 16.5. The standard InChI is InChI=1S/C26H19NO4/c28-25(29)24-17-8-2-1-7-16(17)13-14-23(24)27-26(30)31-15-22-20-11-5-3-9-18(20)19-10-4-6-12-21(19)22/h1-14,22H,15H2,(H,27,30)(H,28,29). The number of amides is 1. The zero-order valence-corrected chi connectivity index (χ0v) is 16.5. The Labute approximate surface area is 178 Å². The summed E-state index contributed by atoms with van der Waals surface area (Å²) in [5, 5.41) is 13.7. The molecule has 0 aromatic heterocycles. The maximum absolute atomic E-state index is 12.6. The summed E-state index contributed by atoms with van der Waals surface area (Å²) in [6.45, 7) is 0.163. The summed E-state index contributed by atoms with van der Waals surface area (Å²) in [6, 6.07) is 26.7. The summed E-state index contributed by atoms with van der Waals surface area (Å²) in [5.74, 6) is -1.17. The molecule has 5 rings (SSSR count). The number of ether oxygens (including phenoxy) is 1. The number of aromatic carboxylic acids is 1. The van der Waals surface area contributed by atoms with Crippen LogP contribution in [-0.2, 0) is 4.74 Å². The van der Waals surface area contributed by atoms with Crippen LogP contribution in [0.5, 0.6) is 0 Å². The minimum atomic E-state index is -1.11. The predicted molar refractivity (Wildman–Crippen MR) is 120 cm³/mol. The number of nitrogens with one attached hydrogen (secondary N) is 1. The number of carboxylic acids is 1. The smallest absolute Gasteiger partial charge is 0.411 e. The van der Waals surface area contributed by atoms with Gasteiger partial charge in [-0.2, -0.15) is 0 Å². The van der Waals surface area contributed by atoms with Crippen LogP contribution in [0.25, 0.3) is 21.9 Å². The van der Waals surface area contributed by atoms with Gasteiger partial charge in [-0.05, 0) is 39.1 Å². The molecule has 0 aliphatic heterocycles. The van der Waals surface area contributed by atoms with Crippen LogP contribution < -0.4 is 5.32 Å². The van der Waals surface area contributed by atoms with E-state index in [0.29, 0.717) is 5.39 Å². The minimum absolute atomic E-state index is 0.0478. The molecule has 5 heteroatoms. The van der Waals surface area contributed by atoms with E-state index in [0.717, 1.165) is 27.6 Å². The van der Waals surface area contributed by atoms with E-state index in [1.807, 2.05) is 48.5 Å². The van der Waals surface area contributed by atoms with E-state index >= 15 is 0 Å². The van der Waals surface area contributed by atoms with Crippen LogP contribution in [0.3, 0.4) is 0 Å². The van der Waals surface area contributed by atoms with Crippen LogP contribution in [-0.4, -0.2) is 23.8 Å². The van der Waals surface area contributed by atoms with Crippen molar-refractivity contribution in [3.63, 3.8) is 0 Å². The Kier molecular flexibility index (Phi) is 4.64. The molecule has 0 saturated heterocycles. The molecule has 1 aliphatic carbocycles. The van der Waals surface area contributed by atoms with Crippen molar-refractivity contribution in [3.05, 3.63) is 102 Å². The first-order valence-corrected chi connectivity index (χ1v) is 10.0. The van der Waals surface area contributed by atoms with Crippen LogP contribution in [0.1, 0.15) is 27.4 Å². The molecule has 1 aliphatic rings. The second-order valence-corrected chi connectivity index (χ2v) is 7.46. The third-order valence-corrected chi connectivity index (χ3v) is 5.72. The van der Waals surface area contributed by atoms with Gasteiger partial charge in [-0.1, -0.05) is 78.9 Å². The van der Waals surface area contributed by atoms with Crippen molar-refractivity contribution in [1.82, 2.24) is 0 Å². The van der Waals surface area contributed by atoms with Gasteiger partial charge in [0.25, 0.3) is 0 Å². The maximum Gasteiger partial charge on any atom is 0.411 e. The fraction of sp³-hybridized carbons (Fsp3) is 0.0769. The molecular formula is C26H19NO4. The Balaban J connectivity index is 1.38. The summed E-state index contributed by atoms with van der Waals surface area (Å²) >= 11 is 0. The number of carboxylic acid groups (broad SMARTS) is 1. The molecule has 0 bridgehead atoms. The number of benzene rings is 4. The second-order valence-electron chi connectivity index (χ2n) is 7.46. The number of carbonyl (C=O) groups excluding carboxylic acids is 1. The van der Waals surface area contributed by atoms with Gasteiger partial charge in [-0.3, -0.25) is 5.32 Å². The van der Waals surface area contributed by atoms with Gasteiger partial charge in [0.1, 0.15) is 6.61 Å². The molecule has 4 aromatic rings. The van der Waals surface area contributed by atoms with Crippen molar-refractivity contribution < 1.29 is 19.4 Å². The van der Waals surface area contributed by atoms with Gasteiger partial charge in [-0.25, -0.2) is 9.59 Å². The van der Waals surface area contributed by atoms with Crippen molar-refractivity contribution >= 4 is 28.5 Å². The predicted octanol–water partition coefficient (Wildman–Crippen LogP) is 5.90. The fourth-order valence-electron chi connectivity index (χ4n) is 4.35. The number of fused-ring (bicyclic) bond motifs is 4. The lowest BCUT2D eigenvalue weighted by molar-refractivity contribution is 0.0700. The fourth-order valence-corrected chi connectivity index (χ4v) is 4.35. The third-order valence-electron chi connectivity index (χ3n) is 5.72. The molecule has 1 amide bonds. The summed E-state index contributed by atoms with van der Waals surface area (Å²) in [4.78, 5) is 24.4. The Bertz CT molecular complexity index is 1280. The largest absolute Gasteiger partial charge is 0.478 e. The average Bonchev–Trinajstić information content (AvgIpc) is 3.11. The lowest BCUT2D eigenvalue weighted by Gasteiger charge is -2.15. The van der Waals surface area contributed by atoms with E-state index in [1.54, 1.807) is 24.3 Å². The van der Waals surface area contributed by atoms with E-state index in [1.165, 1.54) is 0 Å². The van der Waals surface area contributed by atoms with Gasteiger partial charge in [0.15, 0.2) is 0 Å². The van der Waals surface area contributed by atoms with Crippen LogP contribution >= 0.6 is 0 Å². The van der Waals surface area contributed by atoms with E-state index in [9.17, 15) is 14.7 Å². The van der Waals surface area contributed by atoms with Crippen LogP contribution in [0.15, 0.2) is 84.9 Å². The molecule has 0 radical (unpaired) electrons. The molecule has 4 aromatic carbocycles. The van der Waals surface area contributed by atoms with Gasteiger partial charge in [0, 0.05) is 5.92 Å². The summed E-state index contributed by atoms with van der Waals surface area (Å²) < 4.78 is 5.55. The second kappa shape index (κ2) is 7.61. The highest BCUT2D eigenvalue weighted by Gasteiger charge is 2.29. The quantitative estimate of drug-likeness (QED) is 0.440. The number of carbonyl (C=O) groups is 2. The molecule has 31 heavy (non-hydrogen) atoms. The highest BCUT2D eigenvalue weighted by Crippen LogP contribution is 2.44. The molecule has 0 spiro atoms. The third kappa shape index (κ3) is 3.30. The minimum Gasteiger partial charge on any atom is -0.478 e. The zero-order chi connectivity index (χ0) is 21.4. The Morgan fingerprint density at radius 2 is 1.42 bits per heavy atom. The van der Waals surface area contributed by atoms with E-state index < -0.39 is 12.1 Å². The molecule has 5 nitrogen and oxygen atoms in total. The van der Waals surface area contributed by atoms with Crippen molar-refractivity contribution in [2.45, 2.75) is 5.92 Å². The molecule has 2 N–H and O–H groups in total. The summed E-state index contributed by atoms with van der Waals surface area (Å²) in [6.07, 6.45) is -0.681. The van der Waals surface area contributed by atoms with E-state index in [2.05, 4.69) is 17.4 Å². The Morgan fingerprint density at radius 1 is 0.806 bits per heavy atom. The molecule has 0 atom stereocenters. The lowest BCUT2D eigenvalue weighted by atomic mass is 9.98. The number of hydrogen-bond acceptors (Lipinski definition) is 3. The first-order valence-electron chi connectivity index (χ1n) is 10.0. The van der Waals surface area contributed by atoms with Crippen LogP contribution in [0, 0.1) is 0 Å². The Hall–Kier alpha value is -4.12. The van der Waals surface area contributed by atoms with Crippen LogP contribution in [0.4, 0.5) is 10.5 Å². The van der Waals surface area contributed by atoms with E-state index in [-0.39, 0.29) is 23.8 Å². The molecule has 0 unspecified atom stereocenters. The number of anilines is 1. The Morgan fingerprint density at radius 3 is 2.10 bits per heavy atom. The van der Waals surface area contributed by atoms with Gasteiger partial charge in [0.05, 0.1) is 11.3 Å². The van der Waals surface area contributed by atoms with Crippen molar-refractivity contribution in [3.8, 4) is 11.1 Å². The van der Waals surface area contributed by atoms with Crippen molar-refractivity contribution in [1.29, 1.82) is 0 Å². The molecule has 152 valence electrons. The normalized spacial score (nSPS) is 12.3. The van der Waals surface area contributed by atoms with Crippen molar-refractivity contribution in [2.24, 2.45) is 0 Å². The summed E-state index contributed by atoms with van der Waals surface area (Å²) in [5.41, 5.74) is 4.79. The highest BCUT2D eigenvalue weighted by molar-refractivity contribution is 6.10. The lowest BCUT2D eigenvalue weighted by Crippen LogP contribution is -2.19. The van der Waals surface area contributed by atoms with Gasteiger partial charge in [0.2, 0.25) is 0 Å². The number of hydrogen-bond donors (Lipinski definition) is 2. The number of rotatable bonds is 4. The average molecular weight is 409 g/mol. The monoisotopic (exact) mass is 409 g/mol. The van der Waals surface area contributed by atoms with Gasteiger partial charge in [-0.15, -0.1) is 0 Å². The highest BCUT2D eigenvalue weighted by atomic mass is 16.5.